The Kier molecular flexibility index (Phi) is 3.98. The zero-order valence-electron chi connectivity index (χ0n) is 11.4. The summed E-state index contributed by atoms with van der Waals surface area (Å²) in [5.41, 5.74) is 2.49. The SMILES string of the molecule is OCc1ccc(-c2cn(C[C@H]3NC[C@@H](O)[C@H]3O)nn2)cc1. The van der Waals surface area contributed by atoms with Crippen molar-refractivity contribution in [2.75, 3.05) is 6.54 Å². The van der Waals surface area contributed by atoms with Crippen molar-refractivity contribution in [1.29, 1.82) is 0 Å². The molecule has 0 bridgehead atoms. The number of benzene rings is 1. The molecule has 1 aliphatic rings. The lowest BCUT2D eigenvalue weighted by Gasteiger charge is -2.15. The van der Waals surface area contributed by atoms with Crippen LogP contribution in [-0.2, 0) is 13.2 Å². The van der Waals surface area contributed by atoms with E-state index in [0.29, 0.717) is 13.1 Å². The molecule has 1 fully saturated rings. The molecule has 2 aromatic rings. The van der Waals surface area contributed by atoms with Gasteiger partial charge < -0.3 is 20.6 Å². The molecule has 0 amide bonds. The number of aliphatic hydroxyl groups is 3. The van der Waals surface area contributed by atoms with Gasteiger partial charge in [0.2, 0.25) is 0 Å². The zero-order valence-corrected chi connectivity index (χ0v) is 11.4. The second kappa shape index (κ2) is 5.90. The van der Waals surface area contributed by atoms with E-state index >= 15 is 0 Å². The Balaban J connectivity index is 1.71. The molecule has 0 saturated carbocycles. The molecular formula is C14H18N4O3. The highest BCUT2D eigenvalue weighted by atomic mass is 16.3. The third-order valence-electron chi connectivity index (χ3n) is 3.75. The normalized spacial score (nSPS) is 25.4. The molecule has 1 saturated heterocycles. The summed E-state index contributed by atoms with van der Waals surface area (Å²) in [6, 6.07) is 7.21. The van der Waals surface area contributed by atoms with Crippen LogP contribution in [-0.4, -0.2) is 55.1 Å². The highest BCUT2D eigenvalue weighted by molar-refractivity contribution is 5.57. The van der Waals surface area contributed by atoms with Gasteiger partial charge in [0.15, 0.2) is 0 Å². The lowest BCUT2D eigenvalue weighted by molar-refractivity contribution is 0.0372. The van der Waals surface area contributed by atoms with Crippen molar-refractivity contribution in [2.45, 2.75) is 31.4 Å². The standard InChI is InChI=1S/C14H18N4O3/c19-8-9-1-3-10(4-2-9)11-6-18(17-16-11)7-12-14(21)13(20)5-15-12/h1-4,6,12-15,19-21H,5,7-8H2/t12-,13-,14+/m1/s1. The topological polar surface area (TPSA) is 103 Å². The van der Waals surface area contributed by atoms with Crippen molar-refractivity contribution in [3.8, 4) is 11.3 Å². The molecule has 7 heteroatoms. The number of hydrogen-bond donors (Lipinski definition) is 4. The first-order valence-corrected chi connectivity index (χ1v) is 6.87. The van der Waals surface area contributed by atoms with Crippen molar-refractivity contribution in [3.05, 3.63) is 36.0 Å². The van der Waals surface area contributed by atoms with Crippen molar-refractivity contribution in [1.82, 2.24) is 20.3 Å². The van der Waals surface area contributed by atoms with Gasteiger partial charge in [-0.15, -0.1) is 5.10 Å². The minimum atomic E-state index is -0.790. The molecule has 21 heavy (non-hydrogen) atoms. The fraction of sp³-hybridized carbons (Fsp3) is 0.429. The van der Waals surface area contributed by atoms with Crippen LogP contribution < -0.4 is 5.32 Å². The quantitative estimate of drug-likeness (QED) is 0.584. The van der Waals surface area contributed by atoms with Crippen LogP contribution in [0.4, 0.5) is 0 Å². The zero-order chi connectivity index (χ0) is 14.8. The Morgan fingerprint density at radius 3 is 2.62 bits per heavy atom. The second-order valence-electron chi connectivity index (χ2n) is 5.25. The molecule has 7 nitrogen and oxygen atoms in total. The van der Waals surface area contributed by atoms with Crippen molar-refractivity contribution in [3.63, 3.8) is 0 Å². The highest BCUT2D eigenvalue weighted by Gasteiger charge is 2.33. The third-order valence-corrected chi connectivity index (χ3v) is 3.75. The molecule has 1 aromatic heterocycles. The van der Waals surface area contributed by atoms with E-state index in [1.165, 1.54) is 0 Å². The Hall–Kier alpha value is -1.80. The maximum absolute atomic E-state index is 9.80. The van der Waals surface area contributed by atoms with Crippen LogP contribution in [0, 0.1) is 0 Å². The van der Waals surface area contributed by atoms with E-state index in [1.54, 1.807) is 10.9 Å². The van der Waals surface area contributed by atoms with E-state index in [1.807, 2.05) is 24.3 Å². The molecule has 0 radical (unpaired) electrons. The van der Waals surface area contributed by atoms with Gasteiger partial charge in [-0.1, -0.05) is 29.5 Å². The van der Waals surface area contributed by atoms with E-state index in [0.717, 1.165) is 16.8 Å². The van der Waals surface area contributed by atoms with E-state index in [9.17, 15) is 10.2 Å². The van der Waals surface area contributed by atoms with E-state index in [2.05, 4.69) is 15.6 Å². The van der Waals surface area contributed by atoms with Crippen molar-refractivity contribution < 1.29 is 15.3 Å². The summed E-state index contributed by atoms with van der Waals surface area (Å²) in [7, 11) is 0. The number of β-amino-alcohol motifs (C(OH)–C–C–N with tert-alkyl or cyclic N) is 1. The molecule has 3 rings (SSSR count). The molecule has 4 N–H and O–H groups in total. The van der Waals surface area contributed by atoms with Gasteiger partial charge in [-0.05, 0) is 5.56 Å². The fourth-order valence-corrected chi connectivity index (χ4v) is 2.46. The number of aliphatic hydroxyl groups excluding tert-OH is 3. The summed E-state index contributed by atoms with van der Waals surface area (Å²) >= 11 is 0. The number of aromatic nitrogens is 3. The van der Waals surface area contributed by atoms with Crippen LogP contribution in [0.15, 0.2) is 30.5 Å². The highest BCUT2D eigenvalue weighted by Crippen LogP contribution is 2.17. The largest absolute Gasteiger partial charge is 0.392 e. The monoisotopic (exact) mass is 290 g/mol. The predicted molar refractivity (Wildman–Crippen MR) is 75.2 cm³/mol. The maximum atomic E-state index is 9.80. The maximum Gasteiger partial charge on any atom is 0.113 e. The van der Waals surface area contributed by atoms with E-state index in [4.69, 9.17) is 5.11 Å². The van der Waals surface area contributed by atoms with E-state index < -0.39 is 12.2 Å². The number of hydrogen-bond acceptors (Lipinski definition) is 6. The van der Waals surface area contributed by atoms with E-state index in [-0.39, 0.29) is 12.6 Å². The Bertz CT molecular complexity index is 599. The first-order valence-electron chi connectivity index (χ1n) is 6.87. The number of nitrogens with one attached hydrogen (secondary N) is 1. The number of nitrogens with zero attached hydrogens (tertiary/aromatic N) is 3. The van der Waals surface area contributed by atoms with Crippen LogP contribution in [0.1, 0.15) is 5.56 Å². The van der Waals surface area contributed by atoms with Gasteiger partial charge in [0.1, 0.15) is 5.69 Å². The summed E-state index contributed by atoms with van der Waals surface area (Å²) in [6.07, 6.45) is 0.276. The Morgan fingerprint density at radius 2 is 2.00 bits per heavy atom. The van der Waals surface area contributed by atoms with Gasteiger partial charge in [0.25, 0.3) is 0 Å². The molecule has 0 spiro atoms. The van der Waals surface area contributed by atoms with Gasteiger partial charge in [-0.3, -0.25) is 4.68 Å². The molecule has 1 aromatic carbocycles. The van der Waals surface area contributed by atoms with Gasteiger partial charge in [-0.25, -0.2) is 0 Å². The number of rotatable bonds is 4. The second-order valence-corrected chi connectivity index (χ2v) is 5.25. The Labute approximate surface area is 121 Å². The van der Waals surface area contributed by atoms with Crippen LogP contribution in [0.3, 0.4) is 0 Å². The lowest BCUT2D eigenvalue weighted by atomic mass is 10.1. The molecule has 0 aliphatic carbocycles. The van der Waals surface area contributed by atoms with Crippen LogP contribution >= 0.6 is 0 Å². The predicted octanol–water partition coefficient (Wildman–Crippen LogP) is -0.869. The first-order chi connectivity index (χ1) is 10.2. The first kappa shape index (κ1) is 14.2. The molecule has 0 unspecified atom stereocenters. The van der Waals surface area contributed by atoms with Gasteiger partial charge in [-0.2, -0.15) is 0 Å². The minimum Gasteiger partial charge on any atom is -0.392 e. The van der Waals surface area contributed by atoms with Crippen LogP contribution in [0.5, 0.6) is 0 Å². The summed E-state index contributed by atoms with van der Waals surface area (Å²) in [5.74, 6) is 0. The average molecular weight is 290 g/mol. The van der Waals surface area contributed by atoms with Crippen molar-refractivity contribution >= 4 is 0 Å². The Morgan fingerprint density at radius 1 is 1.24 bits per heavy atom. The molecule has 1 aliphatic heterocycles. The van der Waals surface area contributed by atoms with Crippen LogP contribution in [0.25, 0.3) is 11.3 Å². The summed E-state index contributed by atoms with van der Waals surface area (Å²) < 4.78 is 1.65. The van der Waals surface area contributed by atoms with Crippen molar-refractivity contribution in [2.24, 2.45) is 0 Å². The molecule has 3 atom stereocenters. The van der Waals surface area contributed by atoms with Gasteiger partial charge >= 0.3 is 0 Å². The smallest absolute Gasteiger partial charge is 0.113 e. The summed E-state index contributed by atoms with van der Waals surface area (Å²) in [4.78, 5) is 0. The minimum absolute atomic E-state index is 0.0144. The summed E-state index contributed by atoms with van der Waals surface area (Å²) in [6.45, 7) is 0.844. The lowest BCUT2D eigenvalue weighted by Crippen LogP contribution is -2.36. The third kappa shape index (κ3) is 2.96. The average Bonchev–Trinajstić information content (AvgIpc) is 3.10. The van der Waals surface area contributed by atoms with Crippen LogP contribution in [0.2, 0.25) is 0 Å². The van der Waals surface area contributed by atoms with Gasteiger partial charge in [0.05, 0.1) is 37.6 Å². The summed E-state index contributed by atoms with van der Waals surface area (Å²) in [5, 5.41) is 39.5. The molecule has 112 valence electrons. The molecular weight excluding hydrogens is 272 g/mol. The molecule has 2 heterocycles. The fourth-order valence-electron chi connectivity index (χ4n) is 2.46. The van der Waals surface area contributed by atoms with Gasteiger partial charge in [0, 0.05) is 12.1 Å².